The van der Waals surface area contributed by atoms with Crippen LogP contribution in [0.5, 0.6) is 0 Å². The molecule has 5 nitrogen and oxygen atoms in total. The highest BCUT2D eigenvalue weighted by molar-refractivity contribution is 6.07. The van der Waals surface area contributed by atoms with Gasteiger partial charge in [-0.3, -0.25) is 9.78 Å². The number of imidazole rings is 1. The molecule has 0 aliphatic carbocycles. The van der Waals surface area contributed by atoms with Crippen molar-refractivity contribution in [2.75, 3.05) is 6.54 Å². The average Bonchev–Trinajstić information content (AvgIpc) is 3.04. The third kappa shape index (κ3) is 3.40. The van der Waals surface area contributed by atoms with Gasteiger partial charge < -0.3 is 9.88 Å². The number of carbonyl (C=O) groups is 1. The molecule has 1 aromatic carbocycles. The van der Waals surface area contributed by atoms with Crippen molar-refractivity contribution in [3.8, 4) is 0 Å². The van der Waals surface area contributed by atoms with Crippen LogP contribution in [0.3, 0.4) is 0 Å². The van der Waals surface area contributed by atoms with E-state index in [0.29, 0.717) is 6.54 Å². The maximum atomic E-state index is 12.9. The van der Waals surface area contributed by atoms with Crippen molar-refractivity contribution in [3.63, 3.8) is 0 Å². The lowest BCUT2D eigenvalue weighted by atomic mass is 9.99. The molecule has 0 unspecified atom stereocenters. The van der Waals surface area contributed by atoms with E-state index >= 15 is 0 Å². The molecule has 0 aliphatic heterocycles. The number of rotatable bonds is 5. The summed E-state index contributed by atoms with van der Waals surface area (Å²) in [6.45, 7) is 9.30. The average molecular weight is 336 g/mol. The quantitative estimate of drug-likeness (QED) is 0.777. The molecule has 2 heterocycles. The molecule has 0 atom stereocenters. The highest BCUT2D eigenvalue weighted by Gasteiger charge is 2.16. The number of hydrogen-bond acceptors (Lipinski definition) is 3. The van der Waals surface area contributed by atoms with Gasteiger partial charge in [0.05, 0.1) is 11.1 Å². The molecule has 0 aliphatic rings. The second-order valence-electron chi connectivity index (χ2n) is 6.36. The SMILES string of the molecule is CCc1nccn1CCNC(=O)c1c(C)c(C)nc2ccc(C)cc12. The van der Waals surface area contributed by atoms with Crippen molar-refractivity contribution in [1.82, 2.24) is 19.9 Å². The Bertz CT molecular complexity index is 927. The number of benzene rings is 1. The van der Waals surface area contributed by atoms with Gasteiger partial charge in [0.2, 0.25) is 0 Å². The summed E-state index contributed by atoms with van der Waals surface area (Å²) < 4.78 is 2.08. The maximum absolute atomic E-state index is 12.9. The van der Waals surface area contributed by atoms with Crippen molar-refractivity contribution in [2.24, 2.45) is 0 Å². The van der Waals surface area contributed by atoms with Crippen LogP contribution >= 0.6 is 0 Å². The van der Waals surface area contributed by atoms with E-state index in [4.69, 9.17) is 0 Å². The fraction of sp³-hybridized carbons (Fsp3) is 0.350. The van der Waals surface area contributed by atoms with Gasteiger partial charge in [-0.25, -0.2) is 4.98 Å². The molecule has 0 saturated carbocycles. The van der Waals surface area contributed by atoms with E-state index in [0.717, 1.165) is 52.1 Å². The van der Waals surface area contributed by atoms with Gasteiger partial charge in [0.15, 0.2) is 0 Å². The van der Waals surface area contributed by atoms with Crippen LogP contribution in [-0.4, -0.2) is 27.0 Å². The Kier molecular flexibility index (Phi) is 4.83. The van der Waals surface area contributed by atoms with Gasteiger partial charge in [0.25, 0.3) is 5.91 Å². The zero-order valence-electron chi connectivity index (χ0n) is 15.3. The van der Waals surface area contributed by atoms with Crippen LogP contribution in [0.1, 0.15) is 39.9 Å². The minimum absolute atomic E-state index is 0.0447. The lowest BCUT2D eigenvalue weighted by Crippen LogP contribution is -2.28. The molecule has 25 heavy (non-hydrogen) atoms. The Labute approximate surface area is 148 Å². The predicted octanol–water partition coefficient (Wildman–Crippen LogP) is 3.35. The molecule has 1 N–H and O–H groups in total. The fourth-order valence-electron chi connectivity index (χ4n) is 3.12. The van der Waals surface area contributed by atoms with E-state index in [1.165, 1.54) is 0 Å². The van der Waals surface area contributed by atoms with Crippen molar-refractivity contribution >= 4 is 16.8 Å². The van der Waals surface area contributed by atoms with E-state index in [1.807, 2.05) is 45.2 Å². The molecular weight excluding hydrogens is 312 g/mol. The molecule has 0 fully saturated rings. The van der Waals surface area contributed by atoms with Crippen LogP contribution in [0.2, 0.25) is 0 Å². The second kappa shape index (κ2) is 7.05. The van der Waals surface area contributed by atoms with Crippen molar-refractivity contribution in [3.05, 3.63) is 58.8 Å². The summed E-state index contributed by atoms with van der Waals surface area (Å²) >= 11 is 0. The molecule has 0 bridgehead atoms. The van der Waals surface area contributed by atoms with Crippen LogP contribution < -0.4 is 5.32 Å². The van der Waals surface area contributed by atoms with Gasteiger partial charge in [-0.1, -0.05) is 18.6 Å². The van der Waals surface area contributed by atoms with Gasteiger partial charge in [0.1, 0.15) is 5.82 Å². The van der Waals surface area contributed by atoms with Gasteiger partial charge >= 0.3 is 0 Å². The molecule has 0 radical (unpaired) electrons. The third-order valence-corrected chi connectivity index (χ3v) is 4.61. The molecule has 2 aromatic heterocycles. The lowest BCUT2D eigenvalue weighted by Gasteiger charge is -2.14. The zero-order valence-corrected chi connectivity index (χ0v) is 15.3. The zero-order chi connectivity index (χ0) is 18.0. The van der Waals surface area contributed by atoms with Crippen LogP contribution in [0.4, 0.5) is 0 Å². The van der Waals surface area contributed by atoms with Crippen LogP contribution in [-0.2, 0) is 13.0 Å². The number of nitrogens with zero attached hydrogens (tertiary/aromatic N) is 3. The summed E-state index contributed by atoms with van der Waals surface area (Å²) in [5.41, 5.74) is 4.55. The Morgan fingerprint density at radius 3 is 2.80 bits per heavy atom. The number of aromatic nitrogens is 3. The first kappa shape index (κ1) is 17.1. The summed E-state index contributed by atoms with van der Waals surface area (Å²) in [6.07, 6.45) is 4.63. The molecule has 5 heteroatoms. The minimum Gasteiger partial charge on any atom is -0.350 e. The third-order valence-electron chi connectivity index (χ3n) is 4.61. The number of carbonyl (C=O) groups excluding carboxylic acids is 1. The van der Waals surface area contributed by atoms with Crippen LogP contribution in [0.25, 0.3) is 10.9 Å². The van der Waals surface area contributed by atoms with E-state index in [2.05, 4.69) is 26.8 Å². The van der Waals surface area contributed by atoms with E-state index < -0.39 is 0 Å². The molecule has 1 amide bonds. The number of aryl methyl sites for hydroxylation is 3. The van der Waals surface area contributed by atoms with Crippen molar-refractivity contribution in [1.29, 1.82) is 0 Å². The Morgan fingerprint density at radius 2 is 2.04 bits per heavy atom. The summed E-state index contributed by atoms with van der Waals surface area (Å²) in [6, 6.07) is 6.04. The number of hydrogen-bond donors (Lipinski definition) is 1. The lowest BCUT2D eigenvalue weighted by molar-refractivity contribution is 0.0953. The first-order valence-corrected chi connectivity index (χ1v) is 8.67. The highest BCUT2D eigenvalue weighted by Crippen LogP contribution is 2.24. The number of fused-ring (bicyclic) bond motifs is 1. The normalized spacial score (nSPS) is 11.0. The highest BCUT2D eigenvalue weighted by atomic mass is 16.1. The van der Waals surface area contributed by atoms with Gasteiger partial charge in [0, 0.05) is 43.0 Å². The van der Waals surface area contributed by atoms with E-state index in [1.54, 1.807) is 6.20 Å². The largest absolute Gasteiger partial charge is 0.350 e. The molecule has 3 rings (SSSR count). The Morgan fingerprint density at radius 1 is 1.24 bits per heavy atom. The summed E-state index contributed by atoms with van der Waals surface area (Å²) in [4.78, 5) is 21.8. The molecule has 3 aromatic rings. The van der Waals surface area contributed by atoms with Crippen molar-refractivity contribution < 1.29 is 4.79 Å². The van der Waals surface area contributed by atoms with E-state index in [9.17, 15) is 4.79 Å². The maximum Gasteiger partial charge on any atom is 0.252 e. The summed E-state index contributed by atoms with van der Waals surface area (Å²) in [7, 11) is 0. The fourth-order valence-corrected chi connectivity index (χ4v) is 3.12. The van der Waals surface area contributed by atoms with Crippen molar-refractivity contribution in [2.45, 2.75) is 40.7 Å². The smallest absolute Gasteiger partial charge is 0.252 e. The number of pyridine rings is 1. The molecule has 0 spiro atoms. The Balaban J connectivity index is 1.84. The minimum atomic E-state index is -0.0447. The first-order chi connectivity index (χ1) is 12.0. The van der Waals surface area contributed by atoms with Crippen LogP contribution in [0, 0.1) is 20.8 Å². The second-order valence-corrected chi connectivity index (χ2v) is 6.36. The summed E-state index contributed by atoms with van der Waals surface area (Å²) in [5.74, 6) is 0.989. The number of amides is 1. The van der Waals surface area contributed by atoms with Gasteiger partial charge in [-0.05, 0) is 38.5 Å². The summed E-state index contributed by atoms with van der Waals surface area (Å²) in [5, 5.41) is 3.97. The van der Waals surface area contributed by atoms with Gasteiger partial charge in [-0.2, -0.15) is 0 Å². The topological polar surface area (TPSA) is 59.8 Å². The van der Waals surface area contributed by atoms with Crippen LogP contribution in [0.15, 0.2) is 30.6 Å². The van der Waals surface area contributed by atoms with Gasteiger partial charge in [-0.15, -0.1) is 0 Å². The molecule has 0 saturated heterocycles. The predicted molar refractivity (Wildman–Crippen MR) is 99.9 cm³/mol. The molecule has 130 valence electrons. The molecular formula is C20H24N4O. The number of nitrogens with one attached hydrogen (secondary N) is 1. The Hall–Kier alpha value is -2.69. The first-order valence-electron chi connectivity index (χ1n) is 8.67. The van der Waals surface area contributed by atoms with E-state index in [-0.39, 0.29) is 5.91 Å². The standard InChI is InChI=1S/C20H24N4O/c1-5-18-21-8-10-24(18)11-9-22-20(25)19-14(3)15(4)23-17-7-6-13(2)12-16(17)19/h6-8,10,12H,5,9,11H2,1-4H3,(H,22,25). The monoisotopic (exact) mass is 336 g/mol.